The molecule has 1 aromatic carbocycles. The van der Waals surface area contributed by atoms with Gasteiger partial charge in [0.05, 0.1) is 5.69 Å². The standard InChI is InChI=1S/C16H19N3O/c1-11-14(12(2)20-19-11)6-8-17-10-13-4-3-5-16-15(13)7-9-18-16/h3-5,7,9,17-18H,6,8,10H2,1-2H3. The molecule has 0 aliphatic heterocycles. The molecule has 4 nitrogen and oxygen atoms in total. The van der Waals surface area contributed by atoms with E-state index in [-0.39, 0.29) is 0 Å². The molecule has 0 saturated carbocycles. The average Bonchev–Trinajstić information content (AvgIpc) is 3.04. The molecule has 0 unspecified atom stereocenters. The highest BCUT2D eigenvalue weighted by Gasteiger charge is 2.08. The molecule has 0 saturated heterocycles. The number of H-pyrrole nitrogens is 1. The van der Waals surface area contributed by atoms with Crippen molar-refractivity contribution in [3.8, 4) is 0 Å². The Balaban J connectivity index is 1.59. The largest absolute Gasteiger partial charge is 0.361 e. The van der Waals surface area contributed by atoms with Gasteiger partial charge in [-0.15, -0.1) is 0 Å². The molecule has 0 radical (unpaired) electrons. The maximum Gasteiger partial charge on any atom is 0.137 e. The summed E-state index contributed by atoms with van der Waals surface area (Å²) in [6.07, 6.45) is 2.93. The van der Waals surface area contributed by atoms with E-state index in [1.54, 1.807) is 0 Å². The van der Waals surface area contributed by atoms with Crippen LogP contribution in [0.3, 0.4) is 0 Å². The van der Waals surface area contributed by atoms with Crippen molar-refractivity contribution < 1.29 is 4.52 Å². The maximum absolute atomic E-state index is 5.18. The van der Waals surface area contributed by atoms with Crippen LogP contribution in [0, 0.1) is 13.8 Å². The van der Waals surface area contributed by atoms with E-state index < -0.39 is 0 Å². The summed E-state index contributed by atoms with van der Waals surface area (Å²) in [7, 11) is 0. The fraction of sp³-hybridized carbons (Fsp3) is 0.312. The summed E-state index contributed by atoms with van der Waals surface area (Å²) >= 11 is 0. The summed E-state index contributed by atoms with van der Waals surface area (Å²) in [6, 6.07) is 8.48. The molecule has 2 heterocycles. The minimum atomic E-state index is 0.874. The zero-order valence-electron chi connectivity index (χ0n) is 11.9. The average molecular weight is 269 g/mol. The summed E-state index contributed by atoms with van der Waals surface area (Å²) in [5, 5.41) is 8.76. The van der Waals surface area contributed by atoms with Crippen molar-refractivity contribution in [1.29, 1.82) is 0 Å². The number of hydrogen-bond donors (Lipinski definition) is 2. The van der Waals surface area contributed by atoms with Gasteiger partial charge in [0.2, 0.25) is 0 Å². The van der Waals surface area contributed by atoms with Gasteiger partial charge < -0.3 is 14.8 Å². The van der Waals surface area contributed by atoms with Crippen molar-refractivity contribution in [2.45, 2.75) is 26.8 Å². The van der Waals surface area contributed by atoms with Gasteiger partial charge in [0.1, 0.15) is 5.76 Å². The molecule has 3 rings (SSSR count). The van der Waals surface area contributed by atoms with Crippen LogP contribution in [0.25, 0.3) is 10.9 Å². The number of aromatic amines is 1. The van der Waals surface area contributed by atoms with Crippen molar-refractivity contribution in [1.82, 2.24) is 15.5 Å². The van der Waals surface area contributed by atoms with Crippen molar-refractivity contribution in [2.24, 2.45) is 0 Å². The monoisotopic (exact) mass is 269 g/mol. The van der Waals surface area contributed by atoms with Gasteiger partial charge in [-0.1, -0.05) is 17.3 Å². The predicted octanol–water partition coefficient (Wildman–Crippen LogP) is 3.11. The van der Waals surface area contributed by atoms with Gasteiger partial charge in [-0.25, -0.2) is 0 Å². The van der Waals surface area contributed by atoms with Crippen molar-refractivity contribution >= 4 is 10.9 Å². The third-order valence-electron chi connectivity index (χ3n) is 3.73. The van der Waals surface area contributed by atoms with E-state index in [1.165, 1.54) is 22.0 Å². The first kappa shape index (κ1) is 12.9. The van der Waals surface area contributed by atoms with Crippen LogP contribution >= 0.6 is 0 Å². The summed E-state index contributed by atoms with van der Waals surface area (Å²) in [5.74, 6) is 0.928. The molecular formula is C16H19N3O. The molecule has 0 amide bonds. The Morgan fingerprint density at radius 3 is 2.95 bits per heavy atom. The first-order chi connectivity index (χ1) is 9.75. The number of aromatic nitrogens is 2. The normalized spacial score (nSPS) is 11.3. The number of aryl methyl sites for hydroxylation is 2. The maximum atomic E-state index is 5.18. The molecular weight excluding hydrogens is 250 g/mol. The van der Waals surface area contributed by atoms with Crippen LogP contribution in [0.1, 0.15) is 22.6 Å². The van der Waals surface area contributed by atoms with Crippen LogP contribution in [0.4, 0.5) is 0 Å². The van der Waals surface area contributed by atoms with Gasteiger partial charge in [-0.05, 0) is 44.5 Å². The summed E-state index contributed by atoms with van der Waals surface area (Å²) in [6.45, 7) is 5.75. The van der Waals surface area contributed by atoms with Crippen molar-refractivity contribution in [3.05, 3.63) is 53.0 Å². The number of benzene rings is 1. The van der Waals surface area contributed by atoms with Gasteiger partial charge in [0.25, 0.3) is 0 Å². The topological polar surface area (TPSA) is 53.9 Å². The highest BCUT2D eigenvalue weighted by atomic mass is 16.5. The number of fused-ring (bicyclic) bond motifs is 1. The van der Waals surface area contributed by atoms with Crippen molar-refractivity contribution in [2.75, 3.05) is 6.54 Å². The molecule has 20 heavy (non-hydrogen) atoms. The minimum Gasteiger partial charge on any atom is -0.361 e. The summed E-state index contributed by atoms with van der Waals surface area (Å²) in [5.41, 5.74) is 4.73. The quantitative estimate of drug-likeness (QED) is 0.700. The van der Waals surface area contributed by atoms with E-state index in [1.807, 2.05) is 20.0 Å². The third-order valence-corrected chi connectivity index (χ3v) is 3.73. The number of rotatable bonds is 5. The summed E-state index contributed by atoms with van der Waals surface area (Å²) < 4.78 is 5.18. The van der Waals surface area contributed by atoms with Gasteiger partial charge in [-0.3, -0.25) is 0 Å². The van der Waals surface area contributed by atoms with Gasteiger partial charge >= 0.3 is 0 Å². The third kappa shape index (κ3) is 2.47. The second-order valence-corrected chi connectivity index (χ2v) is 5.09. The van der Waals surface area contributed by atoms with E-state index in [2.05, 4.69) is 39.7 Å². The first-order valence-electron chi connectivity index (χ1n) is 6.93. The van der Waals surface area contributed by atoms with Crippen LogP contribution in [0.2, 0.25) is 0 Å². The second kappa shape index (κ2) is 5.51. The Bertz CT molecular complexity index is 692. The van der Waals surface area contributed by atoms with Crippen LogP contribution in [-0.2, 0) is 13.0 Å². The van der Waals surface area contributed by atoms with Crippen LogP contribution in [-0.4, -0.2) is 16.7 Å². The minimum absolute atomic E-state index is 0.874. The Kier molecular flexibility index (Phi) is 3.56. The lowest BCUT2D eigenvalue weighted by molar-refractivity contribution is 0.392. The fourth-order valence-corrected chi connectivity index (χ4v) is 2.60. The predicted molar refractivity (Wildman–Crippen MR) is 79.7 cm³/mol. The highest BCUT2D eigenvalue weighted by molar-refractivity contribution is 5.82. The summed E-state index contributed by atoms with van der Waals surface area (Å²) in [4.78, 5) is 3.24. The lowest BCUT2D eigenvalue weighted by Crippen LogP contribution is -2.17. The number of nitrogens with one attached hydrogen (secondary N) is 2. The zero-order valence-corrected chi connectivity index (χ0v) is 11.9. The first-order valence-corrected chi connectivity index (χ1v) is 6.93. The van der Waals surface area contributed by atoms with Crippen molar-refractivity contribution in [3.63, 3.8) is 0 Å². The van der Waals surface area contributed by atoms with E-state index in [0.717, 1.165) is 31.0 Å². The molecule has 0 fully saturated rings. The van der Waals surface area contributed by atoms with E-state index >= 15 is 0 Å². The van der Waals surface area contributed by atoms with Crippen LogP contribution < -0.4 is 5.32 Å². The highest BCUT2D eigenvalue weighted by Crippen LogP contribution is 2.17. The molecule has 4 heteroatoms. The zero-order chi connectivity index (χ0) is 13.9. The number of nitrogens with zero attached hydrogens (tertiary/aromatic N) is 1. The Hall–Kier alpha value is -2.07. The van der Waals surface area contributed by atoms with E-state index in [4.69, 9.17) is 4.52 Å². The van der Waals surface area contributed by atoms with Crippen LogP contribution in [0.5, 0.6) is 0 Å². The molecule has 3 aromatic rings. The van der Waals surface area contributed by atoms with Gasteiger partial charge in [-0.2, -0.15) is 0 Å². The molecule has 0 aliphatic carbocycles. The molecule has 0 bridgehead atoms. The Labute approximate surface area is 118 Å². The fourth-order valence-electron chi connectivity index (χ4n) is 2.60. The molecule has 2 N–H and O–H groups in total. The smallest absolute Gasteiger partial charge is 0.137 e. The lowest BCUT2D eigenvalue weighted by atomic mass is 10.1. The SMILES string of the molecule is Cc1noc(C)c1CCNCc1cccc2[nH]ccc12. The van der Waals surface area contributed by atoms with E-state index in [9.17, 15) is 0 Å². The van der Waals surface area contributed by atoms with Crippen LogP contribution in [0.15, 0.2) is 35.0 Å². The molecule has 104 valence electrons. The molecule has 0 spiro atoms. The van der Waals surface area contributed by atoms with Gasteiger partial charge in [0, 0.05) is 29.2 Å². The number of hydrogen-bond acceptors (Lipinski definition) is 3. The molecule has 2 aromatic heterocycles. The lowest BCUT2D eigenvalue weighted by Gasteiger charge is -2.06. The Morgan fingerprint density at radius 2 is 2.15 bits per heavy atom. The Morgan fingerprint density at radius 1 is 1.25 bits per heavy atom. The molecule has 0 atom stereocenters. The molecule has 0 aliphatic rings. The van der Waals surface area contributed by atoms with E-state index in [0.29, 0.717) is 0 Å². The second-order valence-electron chi connectivity index (χ2n) is 5.09. The van der Waals surface area contributed by atoms with Gasteiger partial charge in [0.15, 0.2) is 0 Å².